The van der Waals surface area contributed by atoms with Crippen LogP contribution in [0.5, 0.6) is 5.75 Å². The summed E-state index contributed by atoms with van der Waals surface area (Å²) in [6.07, 6.45) is -12.0. The molecular formula is C36H51N3O15S. The number of rotatable bonds is 13. The van der Waals surface area contributed by atoms with E-state index in [1.807, 2.05) is 36.5 Å². The van der Waals surface area contributed by atoms with Crippen molar-refractivity contribution in [3.63, 3.8) is 0 Å². The molecule has 19 heteroatoms. The highest BCUT2D eigenvalue weighted by atomic mass is 32.2. The zero-order chi connectivity index (χ0) is 39.8. The number of aliphatic hydroxyl groups is 8. The number of ether oxygens (including phenoxy) is 5. The number of imide groups is 1. The first-order valence-electron chi connectivity index (χ1n) is 18.2. The van der Waals surface area contributed by atoms with Crippen molar-refractivity contribution in [1.82, 2.24) is 15.6 Å². The number of aromatic nitrogens is 1. The van der Waals surface area contributed by atoms with E-state index >= 15 is 0 Å². The largest absolute Gasteiger partial charge is 0.493 e. The first kappa shape index (κ1) is 43.3. The van der Waals surface area contributed by atoms with Gasteiger partial charge in [-0.1, -0.05) is 36.9 Å². The van der Waals surface area contributed by atoms with Gasteiger partial charge in [0, 0.05) is 24.9 Å². The fraction of sp³-hybridized carbons (Fsp3) is 0.639. The zero-order valence-electron chi connectivity index (χ0n) is 30.4. The molecule has 0 radical (unpaired) electrons. The molecule has 4 fully saturated rings. The van der Waals surface area contributed by atoms with Crippen LogP contribution in [0.2, 0.25) is 0 Å². The molecule has 0 saturated carbocycles. The van der Waals surface area contributed by atoms with Crippen LogP contribution in [0, 0.1) is 0 Å². The number of thioether (sulfide) groups is 1. The van der Waals surface area contributed by atoms with E-state index in [-0.39, 0.29) is 29.5 Å². The lowest BCUT2D eigenvalue weighted by molar-refractivity contribution is -0.361. The standard InChI is InChI=1S/C19H20N2O3S.C17H31NO12/c1-2-13-3-6-15(20-12-13)9-10-24-16-7-4-14(5-8-16)11-17-18(22)21-19(23)25-17;1-5-9(22)10(23)12(25)16(27-5)30-15-8(4-20)28-17(13(26)11(15)24)29-14-6(3-19)18-2-7(14)21/h3-8,12,17H,2,9-11H2,1H3,(H,21,22,23);5-26H,2-4H2,1H3/t;5-,6-,7-,8-,9-,10+,11-,12-,13-,14-,15-,16+,17-/m.1/s1. The summed E-state index contributed by atoms with van der Waals surface area (Å²) in [5.74, 6) is 0.574. The second-order valence-corrected chi connectivity index (χ2v) is 14.9. The topological polar surface area (TPSA) is 279 Å². The molecule has 1 aromatic carbocycles. The van der Waals surface area contributed by atoms with E-state index in [9.17, 15) is 50.4 Å². The summed E-state index contributed by atoms with van der Waals surface area (Å²) in [5, 5.41) is 84.4. The van der Waals surface area contributed by atoms with Gasteiger partial charge in [0.25, 0.3) is 5.24 Å². The minimum Gasteiger partial charge on any atom is -0.493 e. The lowest BCUT2D eigenvalue weighted by Crippen LogP contribution is -2.64. The molecule has 0 bridgehead atoms. The minimum atomic E-state index is -1.67. The third kappa shape index (κ3) is 11.0. The quantitative estimate of drug-likeness (QED) is 0.100. The normalized spacial score (nSPS) is 36.3. The number of nitrogens with one attached hydrogen (secondary N) is 2. The molecule has 5 heterocycles. The number of aryl methyl sites for hydroxylation is 1. The van der Waals surface area contributed by atoms with E-state index in [1.165, 1.54) is 12.5 Å². The Hall–Kier alpha value is -2.86. The maximum Gasteiger partial charge on any atom is 0.286 e. The van der Waals surface area contributed by atoms with Crippen LogP contribution in [-0.2, 0) is 43.0 Å². The highest BCUT2D eigenvalue weighted by Gasteiger charge is 2.51. The molecule has 0 aliphatic carbocycles. The Morgan fingerprint density at radius 3 is 2.13 bits per heavy atom. The fourth-order valence-electron chi connectivity index (χ4n) is 6.44. The molecule has 6 rings (SSSR count). The van der Waals surface area contributed by atoms with Crippen LogP contribution in [0.3, 0.4) is 0 Å². The van der Waals surface area contributed by atoms with Crippen molar-refractivity contribution in [2.45, 2.75) is 118 Å². The first-order chi connectivity index (χ1) is 26.3. The number of β-amino-alcohol motifs (C(OH)–C–C–N with tert-alkyl or cyclic N) is 1. The van der Waals surface area contributed by atoms with Gasteiger partial charge in [-0.3, -0.25) is 19.9 Å². The van der Waals surface area contributed by atoms with Gasteiger partial charge in [-0.05, 0) is 49.1 Å². The maximum atomic E-state index is 11.6. The van der Waals surface area contributed by atoms with E-state index in [0.29, 0.717) is 13.0 Å². The van der Waals surface area contributed by atoms with E-state index < -0.39 is 86.3 Å². The van der Waals surface area contributed by atoms with E-state index in [2.05, 4.69) is 28.6 Å². The molecule has 14 atom stereocenters. The van der Waals surface area contributed by atoms with Crippen molar-refractivity contribution in [1.29, 1.82) is 0 Å². The summed E-state index contributed by atoms with van der Waals surface area (Å²) in [5.41, 5.74) is 3.25. The molecule has 1 aromatic heterocycles. The second-order valence-electron chi connectivity index (χ2n) is 13.7. The van der Waals surface area contributed by atoms with Gasteiger partial charge in [-0.15, -0.1) is 0 Å². The average molecular weight is 798 g/mol. The van der Waals surface area contributed by atoms with Crippen molar-refractivity contribution >= 4 is 22.9 Å². The number of pyridine rings is 1. The summed E-state index contributed by atoms with van der Waals surface area (Å²) in [7, 11) is 0. The molecule has 1 unspecified atom stereocenters. The smallest absolute Gasteiger partial charge is 0.286 e. The van der Waals surface area contributed by atoms with Gasteiger partial charge in [0.15, 0.2) is 12.6 Å². The van der Waals surface area contributed by atoms with Crippen LogP contribution in [0.1, 0.15) is 30.7 Å². The Morgan fingerprint density at radius 1 is 0.836 bits per heavy atom. The van der Waals surface area contributed by atoms with Crippen LogP contribution in [0.25, 0.3) is 0 Å². The molecule has 306 valence electrons. The molecule has 2 amide bonds. The van der Waals surface area contributed by atoms with Crippen LogP contribution < -0.4 is 15.4 Å². The van der Waals surface area contributed by atoms with Crippen molar-refractivity contribution in [2.75, 3.05) is 26.4 Å². The number of benzene rings is 1. The predicted octanol–water partition coefficient (Wildman–Crippen LogP) is -2.49. The lowest BCUT2D eigenvalue weighted by atomic mass is 9.97. The third-order valence-corrected chi connectivity index (χ3v) is 10.8. The Balaban J connectivity index is 0.000000214. The summed E-state index contributed by atoms with van der Waals surface area (Å²) in [6.45, 7) is 3.27. The molecule has 4 aliphatic heterocycles. The monoisotopic (exact) mass is 797 g/mol. The van der Waals surface area contributed by atoms with Crippen LogP contribution in [0.4, 0.5) is 4.79 Å². The third-order valence-electron chi connectivity index (χ3n) is 9.81. The molecule has 0 spiro atoms. The van der Waals surface area contributed by atoms with Gasteiger partial charge < -0.3 is 69.9 Å². The molecule has 4 aliphatic rings. The van der Waals surface area contributed by atoms with Crippen LogP contribution in [0.15, 0.2) is 42.6 Å². The summed E-state index contributed by atoms with van der Waals surface area (Å²) in [6, 6.07) is 11.2. The van der Waals surface area contributed by atoms with E-state index in [1.54, 1.807) is 0 Å². The number of hydrogen-bond acceptors (Lipinski definition) is 18. The summed E-state index contributed by atoms with van der Waals surface area (Å²) in [4.78, 5) is 27.2. The minimum absolute atomic E-state index is 0.152. The number of aliphatic hydroxyl groups excluding tert-OH is 8. The number of carbonyl (C=O) groups is 2. The molecular weight excluding hydrogens is 746 g/mol. The Bertz CT molecular complexity index is 1520. The number of hydrogen-bond donors (Lipinski definition) is 10. The molecule has 18 nitrogen and oxygen atoms in total. The number of amides is 2. The molecule has 4 saturated heterocycles. The average Bonchev–Trinajstić information content (AvgIpc) is 3.71. The fourth-order valence-corrected chi connectivity index (χ4v) is 7.30. The van der Waals surface area contributed by atoms with Crippen molar-refractivity contribution < 1.29 is 74.1 Å². The predicted molar refractivity (Wildman–Crippen MR) is 193 cm³/mol. The SMILES string of the molecule is CCc1ccc(CCOc2ccc(CC3SC(=O)NC3=O)cc2)nc1.C[C@H]1O[C@@H](O[C@H]2[C@H](O)[C@@H](O)[C@@H](O[C@H]3[C@H](O)CN[C@@H]3CO)O[C@@H]2CO)[C@H](O)[C@@H](O)[C@@H]1O. The Kier molecular flexibility index (Phi) is 15.7. The van der Waals surface area contributed by atoms with Gasteiger partial charge in [-0.25, -0.2) is 0 Å². The first-order valence-corrected chi connectivity index (χ1v) is 19.0. The molecule has 2 aromatic rings. The number of carbonyl (C=O) groups excluding carboxylic acids is 2. The van der Waals surface area contributed by atoms with E-state index in [0.717, 1.165) is 41.6 Å². The van der Waals surface area contributed by atoms with Crippen molar-refractivity contribution in [3.8, 4) is 5.75 Å². The summed E-state index contributed by atoms with van der Waals surface area (Å²) < 4.78 is 27.7. The second kappa shape index (κ2) is 20.0. The van der Waals surface area contributed by atoms with Gasteiger partial charge in [-0.2, -0.15) is 0 Å². The van der Waals surface area contributed by atoms with E-state index in [4.69, 9.17) is 23.7 Å². The van der Waals surface area contributed by atoms with Crippen LogP contribution in [-0.4, -0.2) is 168 Å². The maximum absolute atomic E-state index is 11.6. The van der Waals surface area contributed by atoms with Gasteiger partial charge in [0.1, 0.15) is 54.6 Å². The highest BCUT2D eigenvalue weighted by molar-refractivity contribution is 8.15. The number of nitrogens with zero attached hydrogens (tertiary/aromatic N) is 1. The van der Waals surface area contributed by atoms with Crippen molar-refractivity contribution in [2.24, 2.45) is 0 Å². The highest BCUT2D eigenvalue weighted by Crippen LogP contribution is 2.31. The summed E-state index contributed by atoms with van der Waals surface area (Å²) >= 11 is 1.05. The van der Waals surface area contributed by atoms with Crippen molar-refractivity contribution in [3.05, 3.63) is 59.4 Å². The zero-order valence-corrected chi connectivity index (χ0v) is 31.2. The lowest BCUT2D eigenvalue weighted by Gasteiger charge is -2.46. The van der Waals surface area contributed by atoms with Gasteiger partial charge >= 0.3 is 0 Å². The van der Waals surface area contributed by atoms with Gasteiger partial charge in [0.05, 0.1) is 43.3 Å². The Labute approximate surface area is 321 Å². The Morgan fingerprint density at radius 2 is 1.51 bits per heavy atom. The van der Waals surface area contributed by atoms with Crippen LogP contribution >= 0.6 is 11.8 Å². The molecule has 10 N–H and O–H groups in total. The molecule has 55 heavy (non-hydrogen) atoms. The van der Waals surface area contributed by atoms with Gasteiger partial charge in [0.2, 0.25) is 5.91 Å².